The van der Waals surface area contributed by atoms with Crippen molar-refractivity contribution in [2.45, 2.75) is 23.8 Å². The molecule has 1 aromatic carbocycles. The van der Waals surface area contributed by atoms with Crippen molar-refractivity contribution in [3.63, 3.8) is 0 Å². The summed E-state index contributed by atoms with van der Waals surface area (Å²) in [6.45, 7) is 0.654. The summed E-state index contributed by atoms with van der Waals surface area (Å²) in [6.07, 6.45) is 2.42. The van der Waals surface area contributed by atoms with Gasteiger partial charge in [0.2, 0.25) is 9.84 Å². The van der Waals surface area contributed by atoms with Crippen LogP contribution in [0.25, 0.3) is 5.57 Å². The van der Waals surface area contributed by atoms with Gasteiger partial charge in [0.1, 0.15) is 0 Å². The van der Waals surface area contributed by atoms with Crippen LogP contribution >= 0.6 is 0 Å². The van der Waals surface area contributed by atoms with Crippen molar-refractivity contribution in [2.24, 2.45) is 0 Å². The van der Waals surface area contributed by atoms with E-state index in [2.05, 4.69) is 5.32 Å². The highest BCUT2D eigenvalue weighted by Gasteiger charge is 2.27. The number of nitrogens with one attached hydrogen (secondary N) is 1. The molecule has 3 rings (SSSR count). The molecule has 0 atom stereocenters. The van der Waals surface area contributed by atoms with E-state index < -0.39 is 9.84 Å². The van der Waals surface area contributed by atoms with Crippen molar-refractivity contribution < 1.29 is 8.42 Å². The molecule has 1 heterocycles. The lowest BCUT2D eigenvalue weighted by molar-refractivity contribution is 0.605. The third-order valence-electron chi connectivity index (χ3n) is 3.00. The first-order valence-electron chi connectivity index (χ1n) is 5.45. The van der Waals surface area contributed by atoms with Crippen LogP contribution in [0.4, 0.5) is 0 Å². The molecule has 1 aromatic rings. The zero-order chi connectivity index (χ0) is 11.2. The Kier molecular flexibility index (Phi) is 2.16. The van der Waals surface area contributed by atoms with E-state index >= 15 is 0 Å². The summed E-state index contributed by atoms with van der Waals surface area (Å²) in [5.41, 5.74) is 1.75. The van der Waals surface area contributed by atoms with Gasteiger partial charge in [0, 0.05) is 18.0 Å². The molecule has 1 N–H and O–H groups in total. The summed E-state index contributed by atoms with van der Waals surface area (Å²) in [7, 11) is -3.18. The SMILES string of the molecule is O=S1(=O)C=C(CNC2CC2)c2ccccc21. The molecule has 0 saturated heterocycles. The summed E-state index contributed by atoms with van der Waals surface area (Å²) in [6, 6.07) is 7.79. The second-order valence-electron chi connectivity index (χ2n) is 4.34. The van der Waals surface area contributed by atoms with E-state index in [0.29, 0.717) is 17.5 Å². The molecule has 0 spiro atoms. The van der Waals surface area contributed by atoms with E-state index in [1.54, 1.807) is 12.1 Å². The van der Waals surface area contributed by atoms with Gasteiger partial charge in [0.05, 0.1) is 4.90 Å². The average Bonchev–Trinajstić information content (AvgIpc) is 3.04. The maximum atomic E-state index is 11.8. The van der Waals surface area contributed by atoms with Gasteiger partial charge >= 0.3 is 0 Å². The van der Waals surface area contributed by atoms with Crippen LogP contribution < -0.4 is 5.32 Å². The molecule has 1 saturated carbocycles. The van der Waals surface area contributed by atoms with Crippen molar-refractivity contribution >= 4 is 15.4 Å². The van der Waals surface area contributed by atoms with Gasteiger partial charge in [-0.15, -0.1) is 0 Å². The van der Waals surface area contributed by atoms with Crippen LogP contribution in [-0.4, -0.2) is 21.0 Å². The molecule has 84 valence electrons. The fourth-order valence-corrected chi connectivity index (χ4v) is 3.46. The molecule has 1 fully saturated rings. The Morgan fingerprint density at radius 2 is 2.00 bits per heavy atom. The maximum Gasteiger partial charge on any atom is 0.200 e. The molecule has 3 nitrogen and oxygen atoms in total. The van der Waals surface area contributed by atoms with Crippen molar-refractivity contribution in [2.75, 3.05) is 6.54 Å². The van der Waals surface area contributed by atoms with Gasteiger partial charge in [-0.25, -0.2) is 8.42 Å². The third kappa shape index (κ3) is 1.68. The lowest BCUT2D eigenvalue weighted by Crippen LogP contribution is -2.18. The van der Waals surface area contributed by atoms with Crippen LogP contribution in [-0.2, 0) is 9.84 Å². The van der Waals surface area contributed by atoms with E-state index in [1.807, 2.05) is 12.1 Å². The maximum absolute atomic E-state index is 11.8. The number of fused-ring (bicyclic) bond motifs is 1. The van der Waals surface area contributed by atoms with Gasteiger partial charge < -0.3 is 5.32 Å². The summed E-state index contributed by atoms with van der Waals surface area (Å²) in [4.78, 5) is 0.447. The number of hydrogen-bond acceptors (Lipinski definition) is 3. The Labute approximate surface area is 95.1 Å². The molecule has 1 aliphatic heterocycles. The molecule has 0 amide bonds. The Morgan fingerprint density at radius 3 is 2.75 bits per heavy atom. The smallest absolute Gasteiger partial charge is 0.200 e. The van der Waals surface area contributed by atoms with Gasteiger partial charge in [-0.2, -0.15) is 0 Å². The first-order chi connectivity index (χ1) is 7.67. The van der Waals surface area contributed by atoms with Crippen LogP contribution in [0.5, 0.6) is 0 Å². The molecule has 16 heavy (non-hydrogen) atoms. The molecule has 0 aromatic heterocycles. The number of benzene rings is 1. The van der Waals surface area contributed by atoms with Crippen LogP contribution in [0, 0.1) is 0 Å². The largest absolute Gasteiger partial charge is 0.310 e. The van der Waals surface area contributed by atoms with E-state index in [1.165, 1.54) is 18.2 Å². The number of sulfone groups is 1. The molecule has 1 aliphatic carbocycles. The summed E-state index contributed by atoms with van der Waals surface area (Å²) in [5.74, 6) is 0. The van der Waals surface area contributed by atoms with E-state index in [0.717, 1.165) is 11.1 Å². The normalized spacial score (nSPS) is 21.6. The Bertz CT molecular complexity index is 556. The van der Waals surface area contributed by atoms with Crippen LogP contribution in [0.1, 0.15) is 18.4 Å². The van der Waals surface area contributed by atoms with E-state index in [9.17, 15) is 8.42 Å². The number of hydrogen-bond donors (Lipinski definition) is 1. The summed E-state index contributed by atoms with van der Waals surface area (Å²) in [5, 5.41) is 4.74. The standard InChI is InChI=1S/C12H13NO2S/c14-16(15)8-9(7-13-10-5-6-10)11-3-1-2-4-12(11)16/h1-4,8,10,13H,5-7H2. The van der Waals surface area contributed by atoms with Crippen LogP contribution in [0.15, 0.2) is 34.6 Å². The Morgan fingerprint density at radius 1 is 1.25 bits per heavy atom. The monoisotopic (exact) mass is 235 g/mol. The predicted octanol–water partition coefficient (Wildman–Crippen LogP) is 1.57. The first kappa shape index (κ1) is 10.1. The van der Waals surface area contributed by atoms with Gasteiger partial charge in [-0.3, -0.25) is 0 Å². The van der Waals surface area contributed by atoms with Gasteiger partial charge in [0.25, 0.3) is 0 Å². The lowest BCUT2D eigenvalue weighted by Gasteiger charge is -2.04. The lowest BCUT2D eigenvalue weighted by atomic mass is 10.1. The second-order valence-corrected chi connectivity index (χ2v) is 6.10. The first-order valence-corrected chi connectivity index (χ1v) is 7.00. The molecule has 0 radical (unpaired) electrons. The molecule has 0 unspecified atom stereocenters. The van der Waals surface area contributed by atoms with Gasteiger partial charge in [-0.05, 0) is 30.0 Å². The van der Waals surface area contributed by atoms with Crippen molar-refractivity contribution in [3.8, 4) is 0 Å². The predicted molar refractivity (Wildman–Crippen MR) is 62.6 cm³/mol. The minimum atomic E-state index is -3.18. The fraction of sp³-hybridized carbons (Fsp3) is 0.333. The Hall–Kier alpha value is -1.13. The highest BCUT2D eigenvalue weighted by molar-refractivity contribution is 7.95. The van der Waals surface area contributed by atoms with Crippen LogP contribution in [0.3, 0.4) is 0 Å². The zero-order valence-corrected chi connectivity index (χ0v) is 9.63. The van der Waals surface area contributed by atoms with E-state index in [4.69, 9.17) is 0 Å². The molecular formula is C12H13NO2S. The van der Waals surface area contributed by atoms with Gasteiger partial charge in [0.15, 0.2) is 0 Å². The molecular weight excluding hydrogens is 222 g/mol. The Balaban J connectivity index is 1.94. The molecule has 0 bridgehead atoms. The van der Waals surface area contributed by atoms with Crippen molar-refractivity contribution in [1.82, 2.24) is 5.32 Å². The number of rotatable bonds is 3. The zero-order valence-electron chi connectivity index (χ0n) is 8.81. The van der Waals surface area contributed by atoms with Gasteiger partial charge in [-0.1, -0.05) is 18.2 Å². The molecule has 4 heteroatoms. The quantitative estimate of drug-likeness (QED) is 0.865. The summed E-state index contributed by atoms with van der Waals surface area (Å²) < 4.78 is 23.6. The molecule has 2 aliphatic rings. The topological polar surface area (TPSA) is 46.2 Å². The highest BCUT2D eigenvalue weighted by Crippen LogP contribution is 2.33. The minimum absolute atomic E-state index is 0.447. The third-order valence-corrected chi connectivity index (χ3v) is 4.56. The van der Waals surface area contributed by atoms with E-state index in [-0.39, 0.29) is 0 Å². The fourth-order valence-electron chi connectivity index (χ4n) is 1.97. The summed E-state index contributed by atoms with van der Waals surface area (Å²) >= 11 is 0. The van der Waals surface area contributed by atoms with Crippen molar-refractivity contribution in [3.05, 3.63) is 35.2 Å². The second kappa shape index (κ2) is 3.43. The highest BCUT2D eigenvalue weighted by atomic mass is 32.2. The van der Waals surface area contributed by atoms with Crippen molar-refractivity contribution in [1.29, 1.82) is 0 Å². The van der Waals surface area contributed by atoms with Crippen LogP contribution in [0.2, 0.25) is 0 Å². The average molecular weight is 235 g/mol. The minimum Gasteiger partial charge on any atom is -0.310 e.